The van der Waals surface area contributed by atoms with Crippen LogP contribution in [0, 0.1) is 0 Å². The molecule has 0 fully saturated rings. The van der Waals surface area contributed by atoms with E-state index in [9.17, 15) is 9.59 Å². The van der Waals surface area contributed by atoms with Crippen molar-refractivity contribution in [3.8, 4) is 0 Å². The van der Waals surface area contributed by atoms with E-state index in [1.807, 2.05) is 6.07 Å². The van der Waals surface area contributed by atoms with Crippen LogP contribution < -0.4 is 0 Å². The van der Waals surface area contributed by atoms with Gasteiger partial charge in [0.1, 0.15) is 0 Å². The molecule has 2 aromatic rings. The van der Waals surface area contributed by atoms with Crippen LogP contribution >= 0.6 is 43.2 Å². The molecule has 0 aliphatic carbocycles. The van der Waals surface area contributed by atoms with Crippen molar-refractivity contribution in [3.05, 3.63) is 58.3 Å². The van der Waals surface area contributed by atoms with Crippen molar-refractivity contribution in [2.24, 2.45) is 0 Å². The number of hydrogen-bond acceptors (Lipinski definition) is 3. The highest BCUT2D eigenvalue weighted by molar-refractivity contribution is 9.26. The topological polar surface area (TPSA) is 34.1 Å². The van der Waals surface area contributed by atoms with Gasteiger partial charge in [-0.3, -0.25) is 9.59 Å². The number of rotatable bonds is 4. The molecule has 0 amide bonds. The summed E-state index contributed by atoms with van der Waals surface area (Å²) in [4.78, 5) is 25.1. The first-order valence-electron chi connectivity index (χ1n) is 5.09. The molecule has 0 saturated carbocycles. The molecule has 0 unspecified atom stereocenters. The van der Waals surface area contributed by atoms with E-state index in [1.165, 1.54) is 11.3 Å². The van der Waals surface area contributed by atoms with Gasteiger partial charge in [-0.2, -0.15) is 0 Å². The van der Waals surface area contributed by atoms with Gasteiger partial charge in [-0.05, 0) is 11.4 Å². The first kappa shape index (κ1) is 13.6. The van der Waals surface area contributed by atoms with Crippen LogP contribution in [0.2, 0.25) is 0 Å². The Morgan fingerprint density at radius 3 is 2.17 bits per heavy atom. The lowest BCUT2D eigenvalue weighted by atomic mass is 10.1. The summed E-state index contributed by atoms with van der Waals surface area (Å²) in [6.45, 7) is 0. The molecular formula is C13H8Br2O2S. The predicted molar refractivity (Wildman–Crippen MR) is 80.0 cm³/mol. The van der Waals surface area contributed by atoms with Crippen LogP contribution in [-0.4, -0.2) is 14.8 Å². The Labute approximate surface area is 125 Å². The van der Waals surface area contributed by atoms with Gasteiger partial charge in [0.25, 0.3) is 0 Å². The molecular weight excluding hydrogens is 380 g/mol. The molecule has 0 atom stereocenters. The monoisotopic (exact) mass is 386 g/mol. The highest BCUT2D eigenvalue weighted by atomic mass is 79.9. The Morgan fingerprint density at radius 2 is 1.61 bits per heavy atom. The number of carbonyl (C=O) groups is 2. The lowest BCUT2D eigenvalue weighted by Gasteiger charge is -2.16. The maximum absolute atomic E-state index is 12.3. The van der Waals surface area contributed by atoms with Gasteiger partial charge in [0, 0.05) is 5.56 Å². The largest absolute Gasteiger partial charge is 0.291 e. The summed E-state index contributed by atoms with van der Waals surface area (Å²) in [5.74, 6) is -0.590. The first-order valence-corrected chi connectivity index (χ1v) is 7.56. The molecule has 0 saturated heterocycles. The summed E-state index contributed by atoms with van der Waals surface area (Å²) >= 11 is 7.70. The summed E-state index contributed by atoms with van der Waals surface area (Å²) in [5.41, 5.74) is 0.483. The highest BCUT2D eigenvalue weighted by Crippen LogP contribution is 2.35. The molecule has 0 spiro atoms. The van der Waals surface area contributed by atoms with Gasteiger partial charge < -0.3 is 0 Å². The molecule has 92 valence electrons. The number of benzene rings is 1. The van der Waals surface area contributed by atoms with Gasteiger partial charge >= 0.3 is 0 Å². The smallest absolute Gasteiger partial charge is 0.208 e. The maximum Gasteiger partial charge on any atom is 0.208 e. The fourth-order valence-corrected chi connectivity index (χ4v) is 3.30. The second-order valence-corrected chi connectivity index (χ2v) is 7.97. The average molecular weight is 388 g/mol. The molecule has 1 aromatic heterocycles. The van der Waals surface area contributed by atoms with Gasteiger partial charge in [0.2, 0.25) is 9.02 Å². The van der Waals surface area contributed by atoms with Crippen molar-refractivity contribution in [1.29, 1.82) is 0 Å². The van der Waals surface area contributed by atoms with Crippen molar-refractivity contribution >= 4 is 54.8 Å². The van der Waals surface area contributed by atoms with E-state index in [0.29, 0.717) is 10.4 Å². The van der Waals surface area contributed by atoms with E-state index in [-0.39, 0.29) is 11.6 Å². The zero-order chi connectivity index (χ0) is 13.2. The molecule has 2 rings (SSSR count). The van der Waals surface area contributed by atoms with Gasteiger partial charge in [-0.25, -0.2) is 0 Å². The molecule has 2 nitrogen and oxygen atoms in total. The van der Waals surface area contributed by atoms with E-state index in [2.05, 4.69) is 31.9 Å². The second kappa shape index (κ2) is 5.47. The minimum absolute atomic E-state index is 0.286. The van der Waals surface area contributed by atoms with Crippen LogP contribution in [0.5, 0.6) is 0 Å². The number of carbonyl (C=O) groups excluding carboxylic acids is 2. The molecule has 18 heavy (non-hydrogen) atoms. The van der Waals surface area contributed by atoms with Gasteiger partial charge in [-0.15, -0.1) is 11.3 Å². The number of thiophene rings is 1. The number of Topliss-reactive ketones (excluding diaryl/α,β-unsaturated/α-hetero) is 2. The maximum atomic E-state index is 12.3. The van der Waals surface area contributed by atoms with Crippen molar-refractivity contribution < 1.29 is 9.59 Å². The fraction of sp³-hybridized carbons (Fsp3) is 0.0769. The third-order valence-electron chi connectivity index (χ3n) is 2.35. The molecule has 0 N–H and O–H groups in total. The number of hydrogen-bond donors (Lipinski definition) is 0. The molecule has 1 heterocycles. The van der Waals surface area contributed by atoms with Crippen molar-refractivity contribution in [3.63, 3.8) is 0 Å². The summed E-state index contributed by atoms with van der Waals surface area (Å²) in [6, 6.07) is 12.2. The fourth-order valence-electron chi connectivity index (χ4n) is 1.44. The Bertz CT molecular complexity index is 562. The van der Waals surface area contributed by atoms with E-state index in [4.69, 9.17) is 0 Å². The third-order valence-corrected chi connectivity index (χ3v) is 4.66. The highest BCUT2D eigenvalue weighted by Gasteiger charge is 2.41. The Balaban J connectivity index is 2.32. The molecule has 0 bridgehead atoms. The molecule has 1 aromatic carbocycles. The summed E-state index contributed by atoms with van der Waals surface area (Å²) in [5, 5.41) is 1.80. The zero-order valence-electron chi connectivity index (χ0n) is 9.10. The van der Waals surface area contributed by atoms with Crippen LogP contribution in [0.15, 0.2) is 47.8 Å². The molecule has 0 radical (unpaired) electrons. The van der Waals surface area contributed by atoms with Crippen LogP contribution in [0.3, 0.4) is 0 Å². The summed E-state index contributed by atoms with van der Waals surface area (Å²) in [6.07, 6.45) is 0. The Kier molecular flexibility index (Phi) is 4.14. The molecule has 0 aliphatic heterocycles. The summed E-state index contributed by atoms with van der Waals surface area (Å²) in [7, 11) is 0. The average Bonchev–Trinajstić information content (AvgIpc) is 2.91. The zero-order valence-corrected chi connectivity index (χ0v) is 13.1. The molecule has 0 aliphatic rings. The Hall–Kier alpha value is -0.780. The SMILES string of the molecule is O=C(c1ccccc1)C(Br)(Br)C(=O)c1cccs1. The van der Waals surface area contributed by atoms with E-state index >= 15 is 0 Å². The minimum Gasteiger partial charge on any atom is -0.291 e. The lowest BCUT2D eigenvalue weighted by molar-refractivity contribution is 0.0896. The van der Waals surface area contributed by atoms with Crippen LogP contribution in [0.1, 0.15) is 20.0 Å². The van der Waals surface area contributed by atoms with Crippen molar-refractivity contribution in [2.45, 2.75) is 3.23 Å². The minimum atomic E-state index is -1.40. The van der Waals surface area contributed by atoms with Crippen LogP contribution in [0.25, 0.3) is 0 Å². The predicted octanol–water partition coefficient (Wildman–Crippen LogP) is 4.30. The van der Waals surface area contributed by atoms with Crippen molar-refractivity contribution in [2.75, 3.05) is 0 Å². The second-order valence-electron chi connectivity index (χ2n) is 3.58. The van der Waals surface area contributed by atoms with E-state index in [0.717, 1.165) is 0 Å². The number of halogens is 2. The summed E-state index contributed by atoms with van der Waals surface area (Å²) < 4.78 is -1.40. The standard InChI is InChI=1S/C13H8Br2O2S/c14-13(15,12(17)10-7-4-8-18-10)11(16)9-5-2-1-3-6-9/h1-8H. The Morgan fingerprint density at radius 1 is 0.944 bits per heavy atom. The first-order chi connectivity index (χ1) is 8.53. The molecule has 5 heteroatoms. The van der Waals surface area contributed by atoms with Gasteiger partial charge in [-0.1, -0.05) is 68.3 Å². The quantitative estimate of drug-likeness (QED) is 0.445. The van der Waals surface area contributed by atoms with E-state index in [1.54, 1.807) is 41.8 Å². The lowest BCUT2D eigenvalue weighted by Crippen LogP contribution is -2.34. The van der Waals surface area contributed by atoms with E-state index < -0.39 is 3.23 Å². The van der Waals surface area contributed by atoms with Crippen LogP contribution in [0.4, 0.5) is 0 Å². The normalized spacial score (nSPS) is 11.2. The van der Waals surface area contributed by atoms with Gasteiger partial charge in [0.15, 0.2) is 5.78 Å². The number of ketones is 2. The van der Waals surface area contributed by atoms with Crippen molar-refractivity contribution in [1.82, 2.24) is 0 Å². The van der Waals surface area contributed by atoms with Crippen LogP contribution in [-0.2, 0) is 0 Å². The number of alkyl halides is 2. The third kappa shape index (κ3) is 2.63. The van der Waals surface area contributed by atoms with Gasteiger partial charge in [0.05, 0.1) is 4.88 Å².